The van der Waals surface area contributed by atoms with Gasteiger partial charge in [-0.1, -0.05) is 0 Å². The molecule has 20 heavy (non-hydrogen) atoms. The Hall–Kier alpha value is -0.350. The predicted octanol–water partition coefficient (Wildman–Crippen LogP) is -2.53. The number of nitrogens with zero attached hydrogens (tertiary/aromatic N) is 1. The number of aliphatic hydroxyl groups is 1. The van der Waals surface area contributed by atoms with E-state index in [2.05, 4.69) is 0 Å². The van der Waals surface area contributed by atoms with Gasteiger partial charge in [0.15, 0.2) is 5.72 Å². The molecule has 0 saturated heterocycles. The van der Waals surface area contributed by atoms with Crippen molar-refractivity contribution in [3.63, 3.8) is 0 Å². The maximum Gasteiger partial charge on any atom is 0.339 e. The molecule has 0 aliphatic carbocycles. The number of amides is 1. The van der Waals surface area contributed by atoms with Crippen molar-refractivity contribution in [2.75, 3.05) is 19.1 Å². The summed E-state index contributed by atoms with van der Waals surface area (Å²) in [6.07, 6.45) is -2.83. The van der Waals surface area contributed by atoms with Crippen molar-refractivity contribution >= 4 is 21.1 Å². The normalized spacial score (nSPS) is 16.1. The molecule has 0 radical (unpaired) electrons. The summed E-state index contributed by atoms with van der Waals surface area (Å²) in [5, 5.41) is 10.1. The van der Waals surface area contributed by atoms with E-state index < -0.39 is 45.8 Å². The van der Waals surface area contributed by atoms with Crippen LogP contribution in [-0.2, 0) is 13.9 Å². The SMILES string of the molecule is NCCCC(O)(C(N)=O)N(CP(=O)(O)O)CP(=O)(O)O. The van der Waals surface area contributed by atoms with Crippen LogP contribution in [0.3, 0.4) is 0 Å². The summed E-state index contributed by atoms with van der Waals surface area (Å²) in [5.74, 6) is -1.38. The Kier molecular flexibility index (Phi) is 6.95. The zero-order valence-electron chi connectivity index (χ0n) is 10.5. The Morgan fingerprint density at radius 2 is 1.50 bits per heavy atom. The van der Waals surface area contributed by atoms with E-state index in [9.17, 15) is 19.0 Å². The van der Waals surface area contributed by atoms with E-state index in [1.165, 1.54) is 0 Å². The molecule has 1 amide bonds. The molecule has 1 atom stereocenters. The Morgan fingerprint density at radius 1 is 1.10 bits per heavy atom. The molecule has 0 heterocycles. The standard InChI is InChI=1S/C7H19N3O8P2/c8-3-1-2-7(12,6(9)11)10(4-19(13,14)15)5-20(16,17)18/h12H,1-5,8H2,(H2,9,11)(H2,13,14,15)(H2,16,17,18). The molecular formula is C7H19N3O8P2. The second-order valence-electron chi connectivity index (χ2n) is 4.23. The lowest BCUT2D eigenvalue weighted by molar-refractivity contribution is -0.158. The van der Waals surface area contributed by atoms with Gasteiger partial charge in [-0.05, 0) is 13.0 Å². The van der Waals surface area contributed by atoms with Crippen molar-refractivity contribution < 1.29 is 38.6 Å². The Balaban J connectivity index is 5.46. The first-order chi connectivity index (χ1) is 8.82. The summed E-state index contributed by atoms with van der Waals surface area (Å²) in [6, 6.07) is 0. The number of carbonyl (C=O) groups excluding carboxylic acids is 1. The Morgan fingerprint density at radius 3 is 1.75 bits per heavy atom. The molecule has 0 saturated carbocycles. The van der Waals surface area contributed by atoms with Crippen LogP contribution < -0.4 is 11.5 Å². The molecule has 0 fully saturated rings. The molecule has 0 aliphatic heterocycles. The summed E-state index contributed by atoms with van der Waals surface area (Å²) in [5.41, 5.74) is 7.57. The maximum atomic E-state index is 11.3. The smallest absolute Gasteiger partial charge is 0.339 e. The highest BCUT2D eigenvalue weighted by atomic mass is 31.2. The van der Waals surface area contributed by atoms with Gasteiger partial charge in [-0.3, -0.25) is 13.9 Å². The lowest BCUT2D eigenvalue weighted by atomic mass is 10.1. The average molecular weight is 335 g/mol. The van der Waals surface area contributed by atoms with Crippen molar-refractivity contribution in [3.05, 3.63) is 0 Å². The largest absolute Gasteiger partial charge is 0.367 e. The monoisotopic (exact) mass is 335 g/mol. The molecule has 0 aromatic heterocycles. The first-order valence-electron chi connectivity index (χ1n) is 5.38. The average Bonchev–Trinajstić information content (AvgIpc) is 2.20. The van der Waals surface area contributed by atoms with E-state index in [0.717, 1.165) is 0 Å². The van der Waals surface area contributed by atoms with Gasteiger partial charge in [0.25, 0.3) is 5.91 Å². The van der Waals surface area contributed by atoms with E-state index in [1.807, 2.05) is 0 Å². The third-order valence-electron chi connectivity index (χ3n) is 2.36. The molecule has 0 bridgehead atoms. The van der Waals surface area contributed by atoms with Gasteiger partial charge in [-0.25, -0.2) is 4.90 Å². The predicted molar refractivity (Wildman–Crippen MR) is 68.1 cm³/mol. The number of hydrogen-bond donors (Lipinski definition) is 7. The Labute approximate surface area is 114 Å². The minimum atomic E-state index is -4.79. The van der Waals surface area contributed by atoms with Crippen molar-refractivity contribution in [3.8, 4) is 0 Å². The highest BCUT2D eigenvalue weighted by molar-refractivity contribution is 7.52. The quantitative estimate of drug-likeness (QED) is 0.173. The summed E-state index contributed by atoms with van der Waals surface area (Å²) in [6.45, 7) is 0.0370. The van der Waals surface area contributed by atoms with E-state index in [0.29, 0.717) is 0 Å². The molecule has 0 aliphatic rings. The van der Waals surface area contributed by atoms with Crippen LogP contribution in [0.1, 0.15) is 12.8 Å². The molecule has 0 aromatic carbocycles. The third kappa shape index (κ3) is 6.89. The highest BCUT2D eigenvalue weighted by Crippen LogP contribution is 2.43. The molecule has 0 spiro atoms. The first kappa shape index (κ1) is 19.7. The van der Waals surface area contributed by atoms with Gasteiger partial charge in [0.1, 0.15) is 12.6 Å². The summed E-state index contributed by atoms with van der Waals surface area (Å²) < 4.78 is 22.0. The highest BCUT2D eigenvalue weighted by Gasteiger charge is 2.45. The van der Waals surface area contributed by atoms with Crippen LogP contribution in [0.2, 0.25) is 0 Å². The minimum Gasteiger partial charge on any atom is -0.367 e. The van der Waals surface area contributed by atoms with Crippen LogP contribution in [0.15, 0.2) is 0 Å². The minimum absolute atomic E-state index is 0.0370. The maximum absolute atomic E-state index is 11.3. The van der Waals surface area contributed by atoms with Crippen LogP contribution in [0, 0.1) is 0 Å². The van der Waals surface area contributed by atoms with Crippen molar-refractivity contribution in [1.29, 1.82) is 0 Å². The molecule has 9 N–H and O–H groups in total. The lowest BCUT2D eigenvalue weighted by Crippen LogP contribution is -2.58. The summed E-state index contributed by atoms with van der Waals surface area (Å²) in [4.78, 5) is 47.1. The molecule has 11 nitrogen and oxygen atoms in total. The zero-order valence-corrected chi connectivity index (χ0v) is 12.3. The number of hydrogen-bond acceptors (Lipinski definition) is 6. The van der Waals surface area contributed by atoms with Crippen molar-refractivity contribution in [2.45, 2.75) is 18.6 Å². The van der Waals surface area contributed by atoms with Gasteiger partial charge in [0.2, 0.25) is 0 Å². The van der Waals surface area contributed by atoms with Crippen LogP contribution in [0.5, 0.6) is 0 Å². The molecule has 0 rings (SSSR count). The van der Waals surface area contributed by atoms with Gasteiger partial charge < -0.3 is 36.1 Å². The van der Waals surface area contributed by atoms with Gasteiger partial charge in [0, 0.05) is 6.42 Å². The fourth-order valence-corrected chi connectivity index (χ4v) is 3.22. The zero-order chi connectivity index (χ0) is 16.2. The van der Waals surface area contributed by atoms with Crippen LogP contribution in [0.25, 0.3) is 0 Å². The van der Waals surface area contributed by atoms with Gasteiger partial charge >= 0.3 is 15.2 Å². The van der Waals surface area contributed by atoms with E-state index >= 15 is 0 Å². The van der Waals surface area contributed by atoms with Crippen LogP contribution in [0.4, 0.5) is 0 Å². The lowest BCUT2D eigenvalue weighted by Gasteiger charge is -2.37. The topological polar surface area (TPSA) is 208 Å². The number of rotatable bonds is 9. The molecule has 13 heteroatoms. The molecule has 120 valence electrons. The third-order valence-corrected chi connectivity index (χ3v) is 3.78. The second kappa shape index (κ2) is 7.08. The summed E-state index contributed by atoms with van der Waals surface area (Å²) in [7, 11) is -9.59. The van der Waals surface area contributed by atoms with Crippen molar-refractivity contribution in [1.82, 2.24) is 4.90 Å². The molecule has 1 unspecified atom stereocenters. The Bertz CT molecular complexity index is 410. The number of nitrogens with two attached hydrogens (primary N) is 2. The van der Waals surface area contributed by atoms with Gasteiger partial charge in [0.05, 0.1) is 0 Å². The van der Waals surface area contributed by atoms with E-state index in [4.69, 9.17) is 31.0 Å². The molecular weight excluding hydrogens is 316 g/mol. The van der Waals surface area contributed by atoms with Crippen LogP contribution >= 0.6 is 15.2 Å². The van der Waals surface area contributed by atoms with Gasteiger partial charge in [-0.15, -0.1) is 0 Å². The number of primary amides is 1. The van der Waals surface area contributed by atoms with E-state index in [1.54, 1.807) is 0 Å². The fraction of sp³-hybridized carbons (Fsp3) is 0.857. The van der Waals surface area contributed by atoms with Crippen LogP contribution in [-0.4, -0.2) is 60.3 Å². The van der Waals surface area contributed by atoms with E-state index in [-0.39, 0.29) is 17.9 Å². The second-order valence-corrected chi connectivity index (χ2v) is 7.45. The van der Waals surface area contributed by atoms with Crippen molar-refractivity contribution in [2.24, 2.45) is 11.5 Å². The van der Waals surface area contributed by atoms with Gasteiger partial charge in [-0.2, -0.15) is 0 Å². The molecule has 0 aromatic rings. The fourth-order valence-electron chi connectivity index (χ4n) is 1.51. The summed E-state index contributed by atoms with van der Waals surface area (Å²) >= 11 is 0. The number of carbonyl (C=O) groups is 1. The first-order valence-corrected chi connectivity index (χ1v) is 8.98.